The summed E-state index contributed by atoms with van der Waals surface area (Å²) < 4.78 is 24.9. The molecule has 1 aromatic heterocycles. The van der Waals surface area contributed by atoms with Crippen LogP contribution in [0.3, 0.4) is 0 Å². The minimum Gasteiger partial charge on any atom is -0.516 e. The first-order valence-electron chi connectivity index (χ1n) is 15.9. The molecule has 2 fully saturated rings. The number of hydrogen-bond donors (Lipinski definition) is 6. The van der Waals surface area contributed by atoms with Crippen LogP contribution in [0.15, 0.2) is 30.3 Å². The van der Waals surface area contributed by atoms with Crippen molar-refractivity contribution in [2.24, 2.45) is 11.8 Å². The van der Waals surface area contributed by atoms with E-state index < -0.39 is 17.5 Å². The molecule has 2 aromatic rings. The molecule has 10 nitrogen and oxygen atoms in total. The smallest absolute Gasteiger partial charge is 0.155 e. The van der Waals surface area contributed by atoms with E-state index in [2.05, 4.69) is 41.4 Å². The van der Waals surface area contributed by atoms with Crippen molar-refractivity contribution in [3.05, 3.63) is 41.7 Å². The first-order valence-corrected chi connectivity index (χ1v) is 15.9. The van der Waals surface area contributed by atoms with Crippen LogP contribution in [-0.2, 0) is 9.47 Å². The molecule has 2 heterocycles. The van der Waals surface area contributed by atoms with Crippen LogP contribution in [0.25, 0.3) is 11.0 Å². The van der Waals surface area contributed by atoms with Crippen LogP contribution < -0.4 is 10.6 Å². The maximum absolute atomic E-state index is 14.2. The number of ether oxygens (including phenoxy) is 2. The number of aliphatic hydroxyl groups is 2. The second kappa shape index (κ2) is 21.6. The Bertz CT molecular complexity index is 1040. The number of hydroxylamine groups is 2. The second-order valence-corrected chi connectivity index (χ2v) is 12.8. The van der Waals surface area contributed by atoms with Crippen LogP contribution in [0, 0.1) is 17.7 Å². The van der Waals surface area contributed by atoms with Crippen molar-refractivity contribution < 1.29 is 29.3 Å². The maximum atomic E-state index is 14.2. The van der Waals surface area contributed by atoms with Gasteiger partial charge in [0.15, 0.2) is 5.82 Å². The van der Waals surface area contributed by atoms with E-state index in [1.54, 1.807) is 32.9 Å². The summed E-state index contributed by atoms with van der Waals surface area (Å²) in [5.41, 5.74) is 1.70. The number of aromatic nitrogens is 2. The minimum absolute atomic E-state index is 0.281. The zero-order valence-corrected chi connectivity index (χ0v) is 28.3. The van der Waals surface area contributed by atoms with Gasteiger partial charge in [-0.2, -0.15) is 5.06 Å². The lowest BCUT2D eigenvalue weighted by Crippen LogP contribution is -2.37. The molecule has 1 saturated heterocycles. The van der Waals surface area contributed by atoms with E-state index in [0.717, 1.165) is 35.3 Å². The number of nitrogens with one attached hydrogen (secondary N) is 3. The van der Waals surface area contributed by atoms with Gasteiger partial charge in [0.25, 0.3) is 0 Å². The quantitative estimate of drug-likeness (QED) is 0.111. The number of H-pyrrole nitrogens is 1. The van der Waals surface area contributed by atoms with Gasteiger partial charge in [0.05, 0.1) is 56.3 Å². The third-order valence-electron chi connectivity index (χ3n) is 7.34. The van der Waals surface area contributed by atoms with Crippen molar-refractivity contribution in [1.29, 1.82) is 0 Å². The molecular formula is C33H60FN5O5. The average molecular weight is 626 g/mol. The molecule has 2 atom stereocenters. The highest BCUT2D eigenvalue weighted by Gasteiger charge is 2.27. The number of nitrogens with zero attached hydrogens (tertiary/aromatic N) is 2. The Labute approximate surface area is 264 Å². The Balaban J connectivity index is 0.000000338. The molecule has 11 heteroatoms. The van der Waals surface area contributed by atoms with Gasteiger partial charge >= 0.3 is 0 Å². The molecule has 0 amide bonds. The summed E-state index contributed by atoms with van der Waals surface area (Å²) in [4.78, 5) is 6.77. The molecule has 1 aliphatic heterocycles. The van der Waals surface area contributed by atoms with E-state index in [1.165, 1.54) is 38.4 Å². The molecule has 1 saturated carbocycles. The standard InChI is InChI=1S/C14H27NO2.C11H12FN3O2.C4H11N.C4H10O/c1-11-4-6-14(7-5-11)13(3)15-10-17-9-12(2)8-16;12-10-7(9-5-17-4-3-15(9)16)1-2-8-11(10)14-6-13-8;1-3-4-5-2;1-4(2,3)5/h8,11,13-16H,4-7,9-10H2,1-3H3;1-2,6,9,16H,3-5H2,(H,13,14);5H,3-4H2,1-2H3;5H,1-3H3/b12-8+;;;/t11?,13-,14?;;;/m1.../s1. The first-order chi connectivity index (χ1) is 20.8. The van der Waals surface area contributed by atoms with Crippen LogP contribution in [-0.4, -0.2) is 88.8 Å². The molecule has 44 heavy (non-hydrogen) atoms. The number of fused-ring (bicyclic) bond motifs is 1. The predicted molar refractivity (Wildman–Crippen MR) is 175 cm³/mol. The Hall–Kier alpha value is -2.12. The van der Waals surface area contributed by atoms with Crippen LogP contribution >= 0.6 is 0 Å². The fraction of sp³-hybridized carbons (Fsp3) is 0.727. The molecule has 6 N–H and O–H groups in total. The summed E-state index contributed by atoms with van der Waals surface area (Å²) in [6, 6.07) is 3.47. The molecule has 254 valence electrons. The van der Waals surface area contributed by atoms with Gasteiger partial charge < -0.3 is 35.2 Å². The van der Waals surface area contributed by atoms with E-state index in [9.17, 15) is 9.60 Å². The van der Waals surface area contributed by atoms with Gasteiger partial charge in [-0.3, -0.25) is 5.32 Å². The SMILES string of the molecule is C/C(=C\O)COCN[C@H](C)C1CCC(C)CC1.CC(C)(C)O.CCCNC.ON1CCOCC1c1ccc2[nH]cnc2c1F. The van der Waals surface area contributed by atoms with Gasteiger partial charge in [0, 0.05) is 18.2 Å². The summed E-state index contributed by atoms with van der Waals surface area (Å²) >= 11 is 0. The largest absolute Gasteiger partial charge is 0.516 e. The van der Waals surface area contributed by atoms with Crippen LogP contribution in [0.5, 0.6) is 0 Å². The normalized spacial score (nSPS) is 21.7. The lowest BCUT2D eigenvalue weighted by atomic mass is 9.80. The number of aliphatic hydroxyl groups excluding tert-OH is 1. The number of hydrogen-bond acceptors (Lipinski definition) is 9. The molecular weight excluding hydrogens is 565 g/mol. The van der Waals surface area contributed by atoms with E-state index in [-0.39, 0.29) is 6.61 Å². The zero-order chi connectivity index (χ0) is 33.1. The fourth-order valence-corrected chi connectivity index (χ4v) is 4.73. The highest BCUT2D eigenvalue weighted by Crippen LogP contribution is 2.30. The van der Waals surface area contributed by atoms with Crippen LogP contribution in [0.2, 0.25) is 0 Å². The maximum Gasteiger partial charge on any atom is 0.155 e. The van der Waals surface area contributed by atoms with Crippen molar-refractivity contribution in [3.8, 4) is 0 Å². The monoisotopic (exact) mass is 625 g/mol. The van der Waals surface area contributed by atoms with Crippen molar-refractivity contribution >= 4 is 11.0 Å². The number of benzene rings is 1. The summed E-state index contributed by atoms with van der Waals surface area (Å²) in [7, 11) is 1.96. The number of aromatic amines is 1. The van der Waals surface area contributed by atoms with Crippen LogP contribution in [0.1, 0.15) is 92.2 Å². The van der Waals surface area contributed by atoms with E-state index >= 15 is 0 Å². The number of halogens is 1. The summed E-state index contributed by atoms with van der Waals surface area (Å²) in [5.74, 6) is 1.30. The lowest BCUT2D eigenvalue weighted by molar-refractivity contribution is -0.184. The fourth-order valence-electron chi connectivity index (χ4n) is 4.73. The Morgan fingerprint density at radius 1 is 1.27 bits per heavy atom. The van der Waals surface area contributed by atoms with Crippen molar-refractivity contribution in [2.75, 3.05) is 46.7 Å². The van der Waals surface area contributed by atoms with Gasteiger partial charge in [-0.1, -0.05) is 32.8 Å². The zero-order valence-electron chi connectivity index (χ0n) is 28.3. The molecule has 2 aliphatic rings. The number of rotatable bonds is 9. The highest BCUT2D eigenvalue weighted by atomic mass is 19.1. The van der Waals surface area contributed by atoms with Gasteiger partial charge in [0.2, 0.25) is 0 Å². The molecule has 1 unspecified atom stereocenters. The molecule has 0 bridgehead atoms. The first kappa shape index (κ1) is 39.9. The molecule has 0 spiro atoms. The summed E-state index contributed by atoms with van der Waals surface area (Å²) in [6.07, 6.45) is 9.19. The van der Waals surface area contributed by atoms with Gasteiger partial charge in [-0.05, 0) is 90.9 Å². The average Bonchev–Trinajstić information content (AvgIpc) is 3.46. The van der Waals surface area contributed by atoms with Gasteiger partial charge in [0.1, 0.15) is 5.52 Å². The highest BCUT2D eigenvalue weighted by molar-refractivity contribution is 5.76. The predicted octanol–water partition coefficient (Wildman–Crippen LogP) is 6.08. The van der Waals surface area contributed by atoms with E-state index in [4.69, 9.17) is 19.7 Å². The van der Waals surface area contributed by atoms with Crippen molar-refractivity contribution in [3.63, 3.8) is 0 Å². The minimum atomic E-state index is -0.500. The topological polar surface area (TPSA) is 135 Å². The third-order valence-corrected chi connectivity index (χ3v) is 7.34. The Kier molecular flexibility index (Phi) is 19.6. The molecule has 1 aliphatic carbocycles. The number of morpholine rings is 1. The molecule has 4 rings (SSSR count). The molecule has 0 radical (unpaired) electrons. The Morgan fingerprint density at radius 2 is 1.93 bits per heavy atom. The Morgan fingerprint density at radius 3 is 2.48 bits per heavy atom. The van der Waals surface area contributed by atoms with E-state index in [0.29, 0.717) is 49.1 Å². The summed E-state index contributed by atoms with van der Waals surface area (Å²) in [6.45, 7) is 17.2. The van der Waals surface area contributed by atoms with Gasteiger partial charge in [-0.25, -0.2) is 9.37 Å². The van der Waals surface area contributed by atoms with Crippen LogP contribution in [0.4, 0.5) is 4.39 Å². The lowest BCUT2D eigenvalue weighted by Gasteiger charge is -2.31. The van der Waals surface area contributed by atoms with Crippen molar-refractivity contribution in [2.45, 2.75) is 98.3 Å². The molecule has 1 aromatic carbocycles. The number of imidazole rings is 1. The third kappa shape index (κ3) is 16.3. The van der Waals surface area contributed by atoms with E-state index in [1.807, 2.05) is 14.0 Å². The van der Waals surface area contributed by atoms with Gasteiger partial charge in [-0.15, -0.1) is 0 Å². The summed E-state index contributed by atoms with van der Waals surface area (Å²) in [5, 5.41) is 34.5. The second-order valence-electron chi connectivity index (χ2n) is 12.8. The van der Waals surface area contributed by atoms with Crippen molar-refractivity contribution in [1.82, 2.24) is 25.7 Å².